The summed E-state index contributed by atoms with van der Waals surface area (Å²) in [6.07, 6.45) is 2.48. The number of ether oxygens (including phenoxy) is 1. The Bertz CT molecular complexity index is 880. The molecule has 0 aromatic heterocycles. The van der Waals surface area contributed by atoms with E-state index in [1.165, 1.54) is 17.7 Å². The van der Waals surface area contributed by atoms with E-state index in [1.54, 1.807) is 6.92 Å². The molecule has 2 aromatic carbocycles. The zero-order chi connectivity index (χ0) is 19.4. The van der Waals surface area contributed by atoms with Gasteiger partial charge in [0.25, 0.3) is 11.6 Å². The highest BCUT2D eigenvalue weighted by molar-refractivity contribution is 5.83. The lowest BCUT2D eigenvalue weighted by molar-refractivity contribution is -0.384. The van der Waals surface area contributed by atoms with Crippen molar-refractivity contribution in [2.45, 2.75) is 38.3 Å². The van der Waals surface area contributed by atoms with Gasteiger partial charge in [0.15, 0.2) is 12.4 Å². The fraction of sp³-hybridized carbons (Fsp3) is 0.300. The number of hydrogen-bond acceptors (Lipinski definition) is 5. The van der Waals surface area contributed by atoms with Crippen LogP contribution in [0.4, 0.5) is 5.69 Å². The third kappa shape index (κ3) is 4.13. The molecule has 0 saturated carbocycles. The topological polar surface area (TPSA) is 98.5 Å². The average Bonchev–Trinajstić information content (AvgIpc) is 2.68. The number of nitro benzene ring substituents is 1. The smallest absolute Gasteiger partial charge is 0.270 e. The van der Waals surface area contributed by atoms with Crippen molar-refractivity contribution in [3.63, 3.8) is 0 Å². The molecule has 27 heavy (non-hydrogen) atoms. The Balaban J connectivity index is 1.70. The number of aldehydes is 1. The molecule has 7 nitrogen and oxygen atoms in total. The molecule has 1 N–H and O–H groups in total. The third-order valence-electron chi connectivity index (χ3n) is 4.69. The molecule has 7 heteroatoms. The minimum Gasteiger partial charge on any atom is -0.480 e. The highest BCUT2D eigenvalue weighted by Gasteiger charge is 2.25. The molecule has 3 rings (SSSR count). The van der Waals surface area contributed by atoms with Gasteiger partial charge in [-0.2, -0.15) is 0 Å². The number of nitrogens with zero attached hydrogens (tertiary/aromatic N) is 1. The molecule has 140 valence electrons. The summed E-state index contributed by atoms with van der Waals surface area (Å²) in [5, 5.41) is 13.8. The average molecular weight is 368 g/mol. The predicted octanol–water partition coefficient (Wildman–Crippen LogP) is 3.37. The number of nitro groups is 1. The SMILES string of the molecule is C[C@H](Oc1ccc([N+](=O)[O-])cc1C=O)C(=O)N[C@@H]1CCCc2ccccc21. The maximum Gasteiger partial charge on any atom is 0.270 e. The van der Waals surface area contributed by atoms with Crippen molar-refractivity contribution in [3.05, 3.63) is 69.3 Å². The minimum absolute atomic E-state index is 0.0341. The van der Waals surface area contributed by atoms with Crippen LogP contribution < -0.4 is 10.1 Å². The van der Waals surface area contributed by atoms with Crippen LogP contribution >= 0.6 is 0 Å². The van der Waals surface area contributed by atoms with Gasteiger partial charge < -0.3 is 10.1 Å². The van der Waals surface area contributed by atoms with Crippen LogP contribution in [-0.2, 0) is 11.2 Å². The van der Waals surface area contributed by atoms with Crippen LogP contribution in [0, 0.1) is 10.1 Å². The Morgan fingerprint density at radius 1 is 1.33 bits per heavy atom. The lowest BCUT2D eigenvalue weighted by Gasteiger charge is -2.27. The maximum absolute atomic E-state index is 12.6. The predicted molar refractivity (Wildman–Crippen MR) is 98.8 cm³/mol. The molecule has 1 aliphatic rings. The maximum atomic E-state index is 12.6. The molecule has 0 heterocycles. The summed E-state index contributed by atoms with van der Waals surface area (Å²) in [5.74, 6) is -0.158. The van der Waals surface area contributed by atoms with Crippen molar-refractivity contribution >= 4 is 17.9 Å². The van der Waals surface area contributed by atoms with E-state index in [0.717, 1.165) is 30.9 Å². The number of carbonyl (C=O) groups is 2. The monoisotopic (exact) mass is 368 g/mol. The number of benzene rings is 2. The fourth-order valence-corrected chi connectivity index (χ4v) is 3.29. The van der Waals surface area contributed by atoms with Gasteiger partial charge >= 0.3 is 0 Å². The Morgan fingerprint density at radius 2 is 2.11 bits per heavy atom. The number of carbonyl (C=O) groups excluding carboxylic acids is 2. The summed E-state index contributed by atoms with van der Waals surface area (Å²) in [5.41, 5.74) is 2.18. The molecular weight excluding hydrogens is 348 g/mol. The van der Waals surface area contributed by atoms with Gasteiger partial charge in [-0.15, -0.1) is 0 Å². The minimum atomic E-state index is -0.848. The largest absolute Gasteiger partial charge is 0.480 e. The van der Waals surface area contributed by atoms with Gasteiger partial charge in [0.05, 0.1) is 16.5 Å². The van der Waals surface area contributed by atoms with Gasteiger partial charge in [-0.05, 0) is 43.4 Å². The number of rotatable bonds is 6. The number of amides is 1. The van der Waals surface area contributed by atoms with E-state index in [0.29, 0.717) is 6.29 Å². The van der Waals surface area contributed by atoms with E-state index in [-0.39, 0.29) is 28.9 Å². The van der Waals surface area contributed by atoms with Crippen LogP contribution in [0.3, 0.4) is 0 Å². The first-order valence-corrected chi connectivity index (χ1v) is 8.78. The molecule has 1 aliphatic carbocycles. The summed E-state index contributed by atoms with van der Waals surface area (Å²) < 4.78 is 5.60. The Labute approximate surface area is 156 Å². The van der Waals surface area contributed by atoms with Crippen molar-refractivity contribution in [2.24, 2.45) is 0 Å². The van der Waals surface area contributed by atoms with Crippen LogP contribution in [0.2, 0.25) is 0 Å². The Morgan fingerprint density at radius 3 is 2.85 bits per heavy atom. The highest BCUT2D eigenvalue weighted by atomic mass is 16.6. The van der Waals surface area contributed by atoms with E-state index in [1.807, 2.05) is 18.2 Å². The molecule has 1 amide bonds. The molecule has 0 radical (unpaired) electrons. The normalized spacial score (nSPS) is 16.7. The van der Waals surface area contributed by atoms with Crippen LogP contribution in [0.25, 0.3) is 0 Å². The van der Waals surface area contributed by atoms with Gasteiger partial charge in [-0.1, -0.05) is 24.3 Å². The van der Waals surface area contributed by atoms with Gasteiger partial charge in [0.2, 0.25) is 0 Å². The summed E-state index contributed by atoms with van der Waals surface area (Å²) in [6, 6.07) is 11.7. The van der Waals surface area contributed by atoms with E-state index in [9.17, 15) is 19.7 Å². The molecule has 0 aliphatic heterocycles. The molecule has 0 bridgehead atoms. The molecule has 2 atom stereocenters. The van der Waals surface area contributed by atoms with E-state index >= 15 is 0 Å². The van der Waals surface area contributed by atoms with Gasteiger partial charge in [0, 0.05) is 12.1 Å². The lowest BCUT2D eigenvalue weighted by Crippen LogP contribution is -2.39. The van der Waals surface area contributed by atoms with Gasteiger partial charge in [0.1, 0.15) is 5.75 Å². The second kappa shape index (κ2) is 7.99. The zero-order valence-corrected chi connectivity index (χ0v) is 14.9. The van der Waals surface area contributed by atoms with Crippen molar-refractivity contribution < 1.29 is 19.2 Å². The van der Waals surface area contributed by atoms with Crippen molar-refractivity contribution in [1.29, 1.82) is 0 Å². The first kappa shape index (κ1) is 18.6. The standard InChI is InChI=1S/C20H20N2O5/c1-13(27-19-10-9-16(22(25)26)11-15(19)12-23)20(24)21-18-8-4-6-14-5-2-3-7-17(14)18/h2-3,5,7,9-13,18H,4,6,8H2,1H3,(H,21,24)/t13-,18+/m0/s1. The summed E-state index contributed by atoms with van der Waals surface area (Å²) in [7, 11) is 0. The second-order valence-electron chi connectivity index (χ2n) is 6.51. The van der Waals surface area contributed by atoms with Crippen LogP contribution in [0.5, 0.6) is 5.75 Å². The van der Waals surface area contributed by atoms with E-state index < -0.39 is 11.0 Å². The first-order chi connectivity index (χ1) is 13.0. The zero-order valence-electron chi connectivity index (χ0n) is 14.9. The van der Waals surface area contributed by atoms with Crippen molar-refractivity contribution in [2.75, 3.05) is 0 Å². The number of aryl methyl sites for hydroxylation is 1. The first-order valence-electron chi connectivity index (χ1n) is 8.78. The summed E-state index contributed by atoms with van der Waals surface area (Å²) in [6.45, 7) is 1.58. The molecule has 0 spiro atoms. The molecular formula is C20H20N2O5. The third-order valence-corrected chi connectivity index (χ3v) is 4.69. The molecule has 0 saturated heterocycles. The molecule has 2 aromatic rings. The van der Waals surface area contributed by atoms with Crippen LogP contribution in [0.15, 0.2) is 42.5 Å². The Hall–Kier alpha value is -3.22. The molecule has 0 fully saturated rings. The highest BCUT2D eigenvalue weighted by Crippen LogP contribution is 2.30. The molecule has 0 unspecified atom stereocenters. The van der Waals surface area contributed by atoms with Crippen molar-refractivity contribution in [1.82, 2.24) is 5.32 Å². The number of nitrogens with one attached hydrogen (secondary N) is 1. The van der Waals surface area contributed by atoms with Gasteiger partial charge in [-0.3, -0.25) is 19.7 Å². The fourth-order valence-electron chi connectivity index (χ4n) is 3.29. The number of non-ortho nitro benzene ring substituents is 1. The van der Waals surface area contributed by atoms with Gasteiger partial charge in [-0.25, -0.2) is 0 Å². The summed E-state index contributed by atoms with van der Waals surface area (Å²) in [4.78, 5) is 34.0. The summed E-state index contributed by atoms with van der Waals surface area (Å²) >= 11 is 0. The van der Waals surface area contributed by atoms with Crippen LogP contribution in [-0.4, -0.2) is 23.2 Å². The van der Waals surface area contributed by atoms with Crippen LogP contribution in [0.1, 0.15) is 47.3 Å². The quantitative estimate of drug-likeness (QED) is 0.479. The number of hydrogen-bond donors (Lipinski definition) is 1. The van der Waals surface area contributed by atoms with Crippen molar-refractivity contribution in [3.8, 4) is 5.75 Å². The Kier molecular flexibility index (Phi) is 5.49. The van der Waals surface area contributed by atoms with E-state index in [4.69, 9.17) is 4.74 Å². The second-order valence-corrected chi connectivity index (χ2v) is 6.51. The number of fused-ring (bicyclic) bond motifs is 1. The van der Waals surface area contributed by atoms with E-state index in [2.05, 4.69) is 11.4 Å². The lowest BCUT2D eigenvalue weighted by atomic mass is 9.87.